The van der Waals surface area contributed by atoms with Gasteiger partial charge in [0.25, 0.3) is 0 Å². The number of hydrogen-bond acceptors (Lipinski definition) is 16. The number of nitrogens with one attached hydrogen (secondary N) is 3. The summed E-state index contributed by atoms with van der Waals surface area (Å²) >= 11 is 26.3. The minimum atomic E-state index is -3.85. The second kappa shape index (κ2) is 35.2. The third kappa shape index (κ3) is 20.8. The lowest BCUT2D eigenvalue weighted by Gasteiger charge is -2.39. The predicted molar refractivity (Wildman–Crippen MR) is 354 cm³/mol. The quantitative estimate of drug-likeness (QED) is 0.0365. The van der Waals surface area contributed by atoms with Crippen LogP contribution in [0.5, 0.6) is 11.5 Å². The van der Waals surface area contributed by atoms with Crippen molar-refractivity contribution in [1.82, 2.24) is 35.0 Å². The number of sulfone groups is 1. The van der Waals surface area contributed by atoms with Gasteiger partial charge < -0.3 is 48.9 Å². The molecule has 4 amide bonds. The highest BCUT2D eigenvalue weighted by Gasteiger charge is 2.43. The second-order valence-electron chi connectivity index (χ2n) is 23.6. The number of urea groups is 1. The van der Waals surface area contributed by atoms with Crippen molar-refractivity contribution < 1.29 is 64.4 Å². The Kier molecular flexibility index (Phi) is 27.9. The average molecular weight is 1400 g/mol. The first kappa shape index (κ1) is 73.0. The van der Waals surface area contributed by atoms with Crippen molar-refractivity contribution in [3.63, 3.8) is 0 Å². The number of nitrogens with zero attached hydrogens (tertiary/aromatic N) is 4. The highest BCUT2D eigenvalue weighted by molar-refractivity contribution is 7.91. The number of rotatable bonds is 35. The normalized spacial score (nSPS) is 18.6. The molecule has 2 saturated heterocycles. The van der Waals surface area contributed by atoms with Crippen molar-refractivity contribution in [3.8, 4) is 11.5 Å². The summed E-state index contributed by atoms with van der Waals surface area (Å²) in [4.78, 5) is 57.3. The van der Waals surface area contributed by atoms with E-state index in [1.54, 1.807) is 63.2 Å². The maximum Gasteiger partial charge on any atom is 0.314 e. The van der Waals surface area contributed by atoms with Gasteiger partial charge in [-0.25, -0.2) is 26.4 Å². The Morgan fingerprint density at radius 2 is 0.967 bits per heavy atom. The van der Waals surface area contributed by atoms with Crippen LogP contribution in [0.25, 0.3) is 0 Å². The highest BCUT2D eigenvalue weighted by Crippen LogP contribution is 2.45. The fraction of sp³-hybridized carbons (Fsp3) is 0.569. The molecule has 3 N–H and O–H groups in total. The van der Waals surface area contributed by atoms with Gasteiger partial charge >= 0.3 is 6.03 Å². The molecule has 0 aromatic heterocycles. The summed E-state index contributed by atoms with van der Waals surface area (Å²) in [5, 5.41) is 7.72. The molecule has 4 aromatic rings. The van der Waals surface area contributed by atoms with E-state index in [2.05, 4.69) is 25.2 Å². The molecule has 2 heterocycles. The zero-order valence-corrected chi connectivity index (χ0v) is 57.6. The third-order valence-corrected chi connectivity index (χ3v) is 21.5. The van der Waals surface area contributed by atoms with Crippen LogP contribution in [0.1, 0.15) is 104 Å². The van der Waals surface area contributed by atoms with E-state index in [0.717, 1.165) is 41.5 Å². The first-order chi connectivity index (χ1) is 44.1. The van der Waals surface area contributed by atoms with Crippen LogP contribution < -0.4 is 24.8 Å². The minimum absolute atomic E-state index is 0.0497. The monoisotopic (exact) mass is 1390 g/mol. The number of ether oxygens (including phenoxy) is 6. The van der Waals surface area contributed by atoms with Gasteiger partial charge in [0.05, 0.1) is 67.3 Å². The minimum Gasteiger partial charge on any atom is -0.484 e. The molecule has 92 heavy (non-hydrogen) atoms. The first-order valence-corrected chi connectivity index (χ1v) is 36.3. The van der Waals surface area contributed by atoms with Crippen molar-refractivity contribution in [2.45, 2.75) is 120 Å². The molecule has 8 rings (SSSR count). The standard InChI is InChI=1S/C65H87Cl4N7O14S2/c1-44-36-51(12-14-61(44)89-63-55-38-48(66)40-57(68)53(55)42-59(63)75-23-19-73(20-24-75)46(3)77)91(81,82)35-9-28-86-32-33-87-29-17-71-65(80)70-16-7-5-6-10-50(79)11-8-27-85-31-34-88-30-18-72-92(83,84)52-13-15-62(45(2)37-52)90-64-56-39-49(67)41-58(69)54(56)43-60(64)76-25-21-74(22-26-76)47(4)78/h12-15,36-41,59-60,63-64,72H,5-11,16-35,42-43H2,1-4H3,(H2,70,71,80)/t59-,60-,63-,64-/m0/s1. The van der Waals surface area contributed by atoms with Crippen LogP contribution >= 0.6 is 46.4 Å². The van der Waals surface area contributed by atoms with E-state index >= 15 is 0 Å². The van der Waals surface area contributed by atoms with E-state index in [0.29, 0.717) is 160 Å². The number of halogens is 4. The van der Waals surface area contributed by atoms with Gasteiger partial charge in [0.1, 0.15) is 29.5 Å². The predicted octanol–water partition coefficient (Wildman–Crippen LogP) is 8.75. The molecule has 0 radical (unpaired) electrons. The van der Waals surface area contributed by atoms with Gasteiger partial charge in [-0.05, 0) is 135 Å². The fourth-order valence-electron chi connectivity index (χ4n) is 12.1. The molecule has 4 aliphatic rings. The second-order valence-corrected chi connectivity index (χ2v) is 29.2. The maximum absolute atomic E-state index is 13.3. The number of hydrogen-bond donors (Lipinski definition) is 3. The smallest absolute Gasteiger partial charge is 0.314 e. The molecule has 2 aliphatic carbocycles. The van der Waals surface area contributed by atoms with E-state index in [9.17, 15) is 36.0 Å². The van der Waals surface area contributed by atoms with Crippen LogP contribution in [-0.2, 0) is 66.0 Å². The number of Topliss-reactive ketones (excluding diaryl/α,β-unsaturated/α-hetero) is 1. The molecule has 2 aliphatic heterocycles. The zero-order chi connectivity index (χ0) is 66.0. The Balaban J connectivity index is 0.596. The number of amides is 4. The summed E-state index contributed by atoms with van der Waals surface area (Å²) in [7, 11) is -7.46. The van der Waals surface area contributed by atoms with Crippen molar-refractivity contribution in [3.05, 3.63) is 114 Å². The Bertz CT molecular complexity index is 3190. The lowest BCUT2D eigenvalue weighted by atomic mass is 10.1. The number of carbonyl (C=O) groups excluding carboxylic acids is 4. The van der Waals surface area contributed by atoms with Gasteiger partial charge in [-0.3, -0.25) is 24.2 Å². The summed E-state index contributed by atoms with van der Waals surface area (Å²) in [5.74, 6) is 1.26. The van der Waals surface area contributed by atoms with Gasteiger partial charge in [-0.2, -0.15) is 0 Å². The number of ketones is 1. The number of aryl methyl sites for hydroxylation is 2. The Morgan fingerprint density at radius 3 is 1.48 bits per heavy atom. The lowest BCUT2D eigenvalue weighted by Crippen LogP contribution is -2.53. The van der Waals surface area contributed by atoms with E-state index in [1.807, 2.05) is 28.9 Å². The van der Waals surface area contributed by atoms with E-state index < -0.39 is 32.1 Å². The Morgan fingerprint density at radius 1 is 0.511 bits per heavy atom. The summed E-state index contributed by atoms with van der Waals surface area (Å²) in [6.07, 6.45) is 4.46. The van der Waals surface area contributed by atoms with Crippen molar-refractivity contribution in [1.29, 1.82) is 0 Å². The van der Waals surface area contributed by atoms with Gasteiger partial charge in [0, 0.05) is 143 Å². The zero-order valence-electron chi connectivity index (χ0n) is 52.9. The SMILES string of the molecule is CC(=O)N1CCN([C@H]2Cc3c(Cl)cc(Cl)cc3[C@@H]2Oc2ccc(S(=O)(=O)CCCOCCOCCNC(=O)NCCCCCC(=O)CCCOCCOCCNS(=O)(=O)c3ccc(O[C@H]4c5cc(Cl)cc(Cl)c5C[C@@H]4N4CCN(C(C)=O)CC4)c(C)c3)cc2C)CC1. The third-order valence-electron chi connectivity index (χ3n) is 17.1. The Hall–Kier alpha value is -4.86. The van der Waals surface area contributed by atoms with Crippen LogP contribution in [0.2, 0.25) is 20.1 Å². The molecule has 0 spiro atoms. The number of sulfonamides is 1. The van der Waals surface area contributed by atoms with Crippen LogP contribution in [0.3, 0.4) is 0 Å². The van der Waals surface area contributed by atoms with Crippen LogP contribution in [-0.4, -0.2) is 203 Å². The number of piperazine rings is 2. The van der Waals surface area contributed by atoms with E-state index in [1.165, 1.54) is 6.07 Å². The van der Waals surface area contributed by atoms with Gasteiger partial charge in [-0.1, -0.05) is 52.8 Å². The van der Waals surface area contributed by atoms with E-state index in [-0.39, 0.29) is 97.4 Å². The van der Waals surface area contributed by atoms with Gasteiger partial charge in [0.2, 0.25) is 21.8 Å². The van der Waals surface area contributed by atoms with Crippen molar-refractivity contribution in [2.75, 3.05) is 131 Å². The molecule has 2 fully saturated rings. The topological polar surface area (TPSA) is 241 Å². The van der Waals surface area contributed by atoms with Crippen molar-refractivity contribution in [2.24, 2.45) is 0 Å². The molecule has 4 aromatic carbocycles. The molecule has 21 nitrogen and oxygen atoms in total. The van der Waals surface area contributed by atoms with Crippen LogP contribution in [0, 0.1) is 13.8 Å². The summed E-state index contributed by atoms with van der Waals surface area (Å²) < 4.78 is 91.5. The lowest BCUT2D eigenvalue weighted by molar-refractivity contribution is -0.132. The fourth-order valence-corrected chi connectivity index (χ4v) is 15.7. The average Bonchev–Trinajstić information content (AvgIpc) is 1.64. The number of carbonyl (C=O) groups is 4. The summed E-state index contributed by atoms with van der Waals surface area (Å²) in [5.41, 5.74) is 5.06. The maximum atomic E-state index is 13.3. The number of benzene rings is 4. The van der Waals surface area contributed by atoms with Crippen LogP contribution in [0.15, 0.2) is 70.5 Å². The molecule has 27 heteroatoms. The van der Waals surface area contributed by atoms with E-state index in [4.69, 9.17) is 74.8 Å². The highest BCUT2D eigenvalue weighted by atomic mass is 35.5. The molecule has 0 bridgehead atoms. The molecule has 0 saturated carbocycles. The molecule has 0 unspecified atom stereocenters. The number of fused-ring (bicyclic) bond motifs is 2. The Labute approximate surface area is 561 Å². The summed E-state index contributed by atoms with van der Waals surface area (Å²) in [6.45, 7) is 15.0. The van der Waals surface area contributed by atoms with Gasteiger partial charge in [-0.15, -0.1) is 0 Å². The number of unbranched alkanes of at least 4 members (excludes halogenated alkanes) is 2. The molecule has 4 atom stereocenters. The van der Waals surface area contributed by atoms with Crippen molar-refractivity contribution >= 4 is 89.9 Å². The summed E-state index contributed by atoms with van der Waals surface area (Å²) in [6, 6.07) is 16.5. The molecule has 506 valence electrons. The molecular formula is C65H87Cl4N7O14S2. The van der Waals surface area contributed by atoms with Crippen LogP contribution in [0.4, 0.5) is 4.79 Å². The first-order valence-electron chi connectivity index (χ1n) is 31.6. The molecular weight excluding hydrogens is 1310 g/mol. The van der Waals surface area contributed by atoms with Gasteiger partial charge in [0.15, 0.2) is 9.84 Å². The largest absolute Gasteiger partial charge is 0.484 e.